The van der Waals surface area contributed by atoms with Gasteiger partial charge in [-0.2, -0.15) is 4.52 Å². The van der Waals surface area contributed by atoms with E-state index >= 15 is 0 Å². The predicted octanol–water partition coefficient (Wildman–Crippen LogP) is 0.869. The first kappa shape index (κ1) is 12.2. The van der Waals surface area contributed by atoms with Crippen molar-refractivity contribution in [3.8, 4) is 11.4 Å². The smallest absolute Gasteiger partial charge is 0.312 e. The lowest BCUT2D eigenvalue weighted by Crippen LogP contribution is -2.30. The number of nitrogens with zero attached hydrogens (tertiary/aromatic N) is 3. The van der Waals surface area contributed by atoms with Gasteiger partial charge in [0.2, 0.25) is 0 Å². The first-order chi connectivity index (χ1) is 10.2. The first-order valence-corrected chi connectivity index (χ1v) is 6.70. The zero-order valence-corrected chi connectivity index (χ0v) is 11.1. The molecule has 0 saturated carbocycles. The van der Waals surface area contributed by atoms with Crippen molar-refractivity contribution in [3.63, 3.8) is 0 Å². The fourth-order valence-electron chi connectivity index (χ4n) is 2.62. The molecule has 1 aliphatic rings. The molecular weight excluding hydrogens is 273 g/mol. The normalized spacial score (nSPS) is 14.3. The van der Waals surface area contributed by atoms with Gasteiger partial charge in [0.05, 0.1) is 5.56 Å². The second-order valence-corrected chi connectivity index (χ2v) is 4.96. The second-order valence-electron chi connectivity index (χ2n) is 4.96. The maximum atomic E-state index is 13.9. The third-order valence-electron chi connectivity index (χ3n) is 3.66. The van der Waals surface area contributed by atoms with Crippen LogP contribution in [0.2, 0.25) is 0 Å². The molecule has 0 unspecified atom stereocenters. The Hall–Kier alpha value is -2.54. The maximum absolute atomic E-state index is 13.9. The van der Waals surface area contributed by atoms with E-state index in [9.17, 15) is 9.18 Å². The van der Waals surface area contributed by atoms with Crippen molar-refractivity contribution < 1.29 is 4.39 Å². The van der Waals surface area contributed by atoms with Crippen molar-refractivity contribution in [2.45, 2.75) is 13.0 Å². The molecule has 0 radical (unpaired) electrons. The second kappa shape index (κ2) is 4.49. The SMILES string of the molecule is O=c1[nH]c2c(c3nc(-c4ccccc4F)nn13)CNCC2. The van der Waals surface area contributed by atoms with Crippen molar-refractivity contribution in [3.05, 3.63) is 51.8 Å². The summed E-state index contributed by atoms with van der Waals surface area (Å²) in [7, 11) is 0. The molecule has 7 heteroatoms. The van der Waals surface area contributed by atoms with E-state index in [1.54, 1.807) is 18.2 Å². The lowest BCUT2D eigenvalue weighted by atomic mass is 10.1. The van der Waals surface area contributed by atoms with Crippen LogP contribution >= 0.6 is 0 Å². The lowest BCUT2D eigenvalue weighted by Gasteiger charge is -2.16. The van der Waals surface area contributed by atoms with Gasteiger partial charge < -0.3 is 10.3 Å². The highest BCUT2D eigenvalue weighted by Crippen LogP contribution is 2.21. The summed E-state index contributed by atoms with van der Waals surface area (Å²) in [6.45, 7) is 1.43. The van der Waals surface area contributed by atoms with Gasteiger partial charge in [-0.3, -0.25) is 0 Å². The van der Waals surface area contributed by atoms with Crippen LogP contribution in [0, 0.1) is 5.82 Å². The monoisotopic (exact) mass is 285 g/mol. The first-order valence-electron chi connectivity index (χ1n) is 6.70. The van der Waals surface area contributed by atoms with E-state index in [2.05, 4.69) is 20.4 Å². The molecule has 0 spiro atoms. The van der Waals surface area contributed by atoms with Gasteiger partial charge in [0.15, 0.2) is 11.5 Å². The summed E-state index contributed by atoms with van der Waals surface area (Å²) >= 11 is 0. The van der Waals surface area contributed by atoms with Crippen molar-refractivity contribution in [2.75, 3.05) is 6.54 Å². The summed E-state index contributed by atoms with van der Waals surface area (Å²) in [5, 5.41) is 7.38. The van der Waals surface area contributed by atoms with Gasteiger partial charge in [-0.25, -0.2) is 14.2 Å². The quantitative estimate of drug-likeness (QED) is 0.695. The molecule has 2 aromatic heterocycles. The van der Waals surface area contributed by atoms with Crippen LogP contribution in [0.25, 0.3) is 17.0 Å². The van der Waals surface area contributed by atoms with Crippen LogP contribution in [-0.4, -0.2) is 26.1 Å². The van der Waals surface area contributed by atoms with Gasteiger partial charge in [-0.15, -0.1) is 5.10 Å². The zero-order valence-electron chi connectivity index (χ0n) is 11.1. The molecule has 0 bridgehead atoms. The highest BCUT2D eigenvalue weighted by Gasteiger charge is 2.19. The molecule has 106 valence electrons. The molecule has 3 heterocycles. The van der Waals surface area contributed by atoms with Crippen LogP contribution in [0.1, 0.15) is 11.3 Å². The molecule has 1 aromatic carbocycles. The number of fused-ring (bicyclic) bond motifs is 3. The summed E-state index contributed by atoms with van der Waals surface area (Å²) in [5.74, 6) is -0.186. The van der Waals surface area contributed by atoms with Gasteiger partial charge in [-0.1, -0.05) is 12.1 Å². The highest BCUT2D eigenvalue weighted by atomic mass is 19.1. The Kier molecular flexibility index (Phi) is 2.61. The van der Waals surface area contributed by atoms with Crippen LogP contribution in [0.5, 0.6) is 0 Å². The third-order valence-corrected chi connectivity index (χ3v) is 3.66. The Labute approximate surface area is 118 Å². The van der Waals surface area contributed by atoms with Gasteiger partial charge in [0.25, 0.3) is 0 Å². The molecule has 0 fully saturated rings. The lowest BCUT2D eigenvalue weighted by molar-refractivity contribution is 0.621. The fraction of sp³-hybridized carbons (Fsp3) is 0.214. The summed E-state index contributed by atoms with van der Waals surface area (Å²) < 4.78 is 15.1. The number of hydrogen-bond donors (Lipinski definition) is 2. The summed E-state index contributed by atoms with van der Waals surface area (Å²) in [4.78, 5) is 19.3. The van der Waals surface area contributed by atoms with Crippen molar-refractivity contribution in [2.24, 2.45) is 0 Å². The average Bonchev–Trinajstić information content (AvgIpc) is 2.94. The van der Waals surface area contributed by atoms with E-state index in [1.165, 1.54) is 10.6 Å². The summed E-state index contributed by atoms with van der Waals surface area (Å²) in [6, 6.07) is 6.27. The molecule has 0 amide bonds. The minimum absolute atomic E-state index is 0.220. The van der Waals surface area contributed by atoms with Gasteiger partial charge in [-0.05, 0) is 12.1 Å². The largest absolute Gasteiger partial charge is 0.348 e. The van der Waals surface area contributed by atoms with Crippen molar-refractivity contribution >= 4 is 5.65 Å². The third kappa shape index (κ3) is 1.85. The highest BCUT2D eigenvalue weighted by molar-refractivity contribution is 5.61. The van der Waals surface area contributed by atoms with E-state index < -0.39 is 5.82 Å². The number of benzene rings is 1. The van der Waals surface area contributed by atoms with Gasteiger partial charge in [0, 0.05) is 30.8 Å². The Bertz CT molecular complexity index is 898. The van der Waals surface area contributed by atoms with Crippen LogP contribution in [0.15, 0.2) is 29.1 Å². The van der Waals surface area contributed by atoms with E-state index in [4.69, 9.17) is 0 Å². The molecule has 0 saturated heterocycles. The number of H-pyrrole nitrogens is 1. The Morgan fingerprint density at radius 3 is 3.00 bits per heavy atom. The average molecular weight is 285 g/mol. The minimum atomic E-state index is -0.406. The number of nitrogens with one attached hydrogen (secondary N) is 2. The van der Waals surface area contributed by atoms with Crippen molar-refractivity contribution in [1.29, 1.82) is 0 Å². The van der Waals surface area contributed by atoms with E-state index in [1.807, 2.05) is 0 Å². The molecule has 21 heavy (non-hydrogen) atoms. The van der Waals surface area contributed by atoms with E-state index in [0.29, 0.717) is 12.2 Å². The molecule has 1 aliphatic heterocycles. The standard InChI is InChI=1S/C14H12FN5O/c15-10-4-2-1-3-8(10)12-18-13-9-7-16-6-5-11(9)17-14(21)20(13)19-12/h1-4,16H,5-7H2,(H,17,21). The minimum Gasteiger partial charge on any atom is -0.312 e. The Balaban J connectivity index is 2.00. The Morgan fingerprint density at radius 1 is 1.29 bits per heavy atom. The summed E-state index contributed by atoms with van der Waals surface area (Å²) in [6.07, 6.45) is 0.739. The number of aromatic nitrogens is 4. The van der Waals surface area contributed by atoms with E-state index in [0.717, 1.165) is 24.2 Å². The Morgan fingerprint density at radius 2 is 2.14 bits per heavy atom. The number of halogens is 1. The van der Waals surface area contributed by atoms with Gasteiger partial charge in [0.1, 0.15) is 5.82 Å². The molecule has 0 aliphatic carbocycles. The van der Waals surface area contributed by atoms with Crippen molar-refractivity contribution in [1.82, 2.24) is 24.9 Å². The van der Waals surface area contributed by atoms with Crippen LogP contribution in [-0.2, 0) is 13.0 Å². The fourth-order valence-corrected chi connectivity index (χ4v) is 2.62. The van der Waals surface area contributed by atoms with Crippen LogP contribution < -0.4 is 11.0 Å². The van der Waals surface area contributed by atoms with E-state index in [-0.39, 0.29) is 17.1 Å². The predicted molar refractivity (Wildman–Crippen MR) is 74.4 cm³/mol. The summed E-state index contributed by atoms with van der Waals surface area (Å²) in [5.41, 5.74) is 2.22. The maximum Gasteiger partial charge on any atom is 0.348 e. The number of rotatable bonds is 1. The molecule has 0 atom stereocenters. The number of aromatic amines is 1. The van der Waals surface area contributed by atoms with Crippen LogP contribution in [0.4, 0.5) is 4.39 Å². The van der Waals surface area contributed by atoms with Gasteiger partial charge >= 0.3 is 5.69 Å². The molecule has 3 aromatic rings. The molecule has 6 nitrogen and oxygen atoms in total. The van der Waals surface area contributed by atoms with Crippen LogP contribution in [0.3, 0.4) is 0 Å². The zero-order chi connectivity index (χ0) is 14.4. The molecule has 2 N–H and O–H groups in total. The topological polar surface area (TPSA) is 75.1 Å². The number of hydrogen-bond acceptors (Lipinski definition) is 4. The molecule has 4 rings (SSSR count). The molecular formula is C14H12FN5O.